The summed E-state index contributed by atoms with van der Waals surface area (Å²) in [7, 11) is 1.88. The molecule has 1 aromatic carbocycles. The Morgan fingerprint density at radius 3 is 2.52 bits per heavy atom. The van der Waals surface area contributed by atoms with Crippen molar-refractivity contribution in [3.8, 4) is 6.07 Å². The largest absolute Gasteiger partial charge is 0.352 e. The van der Waals surface area contributed by atoms with E-state index in [9.17, 15) is 14.9 Å². The highest BCUT2D eigenvalue weighted by Gasteiger charge is 2.32. The van der Waals surface area contributed by atoms with Crippen molar-refractivity contribution in [3.05, 3.63) is 54.2 Å². The number of Topliss-reactive ketones (excluding diaryl/α,β-unsaturated/α-hetero) is 1. The fourth-order valence-electron chi connectivity index (χ4n) is 2.43. The van der Waals surface area contributed by atoms with Crippen LogP contribution in [0.3, 0.4) is 0 Å². The van der Waals surface area contributed by atoms with Crippen LogP contribution in [0.5, 0.6) is 0 Å². The molecule has 0 unspecified atom stereocenters. The second-order valence-corrected chi connectivity index (χ2v) is 6.01. The number of carbonyl (C=O) groups excluding carboxylic acids is 2. The minimum absolute atomic E-state index is 0.108. The van der Waals surface area contributed by atoms with E-state index in [-0.39, 0.29) is 11.6 Å². The van der Waals surface area contributed by atoms with Crippen molar-refractivity contribution in [2.45, 2.75) is 18.9 Å². The van der Waals surface area contributed by atoms with Gasteiger partial charge in [-0.3, -0.25) is 9.59 Å². The number of anilines is 2. The van der Waals surface area contributed by atoms with Crippen LogP contribution in [-0.2, 0) is 4.79 Å². The minimum atomic E-state index is -1.33. The van der Waals surface area contributed by atoms with Gasteiger partial charge < -0.3 is 10.2 Å². The van der Waals surface area contributed by atoms with Crippen LogP contribution in [-0.4, -0.2) is 29.8 Å². The molecule has 1 saturated carbocycles. The first kappa shape index (κ1) is 16.7. The van der Waals surface area contributed by atoms with Crippen molar-refractivity contribution in [2.75, 3.05) is 11.9 Å². The Morgan fingerprint density at radius 2 is 1.96 bits per heavy atom. The first-order valence-corrected chi connectivity index (χ1v) is 8.09. The van der Waals surface area contributed by atoms with E-state index in [1.807, 2.05) is 42.3 Å². The van der Waals surface area contributed by atoms with Gasteiger partial charge in [-0.2, -0.15) is 5.26 Å². The van der Waals surface area contributed by atoms with E-state index in [1.165, 1.54) is 6.20 Å². The molecule has 1 fully saturated rings. The molecular weight excluding hydrogens is 316 g/mol. The van der Waals surface area contributed by atoms with Gasteiger partial charge >= 0.3 is 0 Å². The number of hydrogen-bond acceptors (Lipinski definition) is 5. The summed E-state index contributed by atoms with van der Waals surface area (Å²) >= 11 is 0. The topological polar surface area (TPSA) is 86.1 Å². The number of nitriles is 1. The quantitative estimate of drug-likeness (QED) is 0.648. The van der Waals surface area contributed by atoms with Crippen LogP contribution in [0.1, 0.15) is 23.2 Å². The molecule has 1 N–H and O–H groups in total. The second kappa shape index (κ2) is 7.14. The van der Waals surface area contributed by atoms with Gasteiger partial charge in [-0.15, -0.1) is 0 Å². The number of nitrogens with one attached hydrogen (secondary N) is 1. The standard InChI is InChI=1S/C19H18N4O2/c1-23(15-5-3-2-4-6-15)17-10-7-13(12-21-17)18(24)16(11-20)19(25)22-14-8-9-14/h2-7,10,12,14,16H,8-9H2,1H3,(H,22,25)/t16-/m1/s1. The molecule has 0 radical (unpaired) electrons. The monoisotopic (exact) mass is 334 g/mol. The van der Waals surface area contributed by atoms with E-state index >= 15 is 0 Å². The maximum absolute atomic E-state index is 12.4. The Morgan fingerprint density at radius 1 is 1.24 bits per heavy atom. The lowest BCUT2D eigenvalue weighted by atomic mass is 9.99. The molecule has 1 amide bonds. The lowest BCUT2D eigenvalue weighted by molar-refractivity contribution is -0.122. The third-order valence-corrected chi connectivity index (χ3v) is 4.10. The number of benzene rings is 1. The fourth-order valence-corrected chi connectivity index (χ4v) is 2.43. The molecule has 1 atom stereocenters. The molecule has 2 aromatic rings. The van der Waals surface area contributed by atoms with Gasteiger partial charge in [-0.05, 0) is 37.1 Å². The summed E-state index contributed by atoms with van der Waals surface area (Å²) in [4.78, 5) is 30.6. The molecule has 6 nitrogen and oxygen atoms in total. The highest BCUT2D eigenvalue weighted by molar-refractivity contribution is 6.12. The molecule has 3 rings (SSSR count). The van der Waals surface area contributed by atoms with E-state index in [2.05, 4.69) is 10.3 Å². The Bertz CT molecular complexity index is 808. The molecule has 1 aliphatic carbocycles. The Labute approximate surface area is 146 Å². The number of carbonyl (C=O) groups is 2. The van der Waals surface area contributed by atoms with Gasteiger partial charge in [0.25, 0.3) is 0 Å². The summed E-state index contributed by atoms with van der Waals surface area (Å²) in [6.07, 6.45) is 3.21. The summed E-state index contributed by atoms with van der Waals surface area (Å²) in [5.74, 6) is -1.72. The summed E-state index contributed by atoms with van der Waals surface area (Å²) in [6.45, 7) is 0. The summed E-state index contributed by atoms with van der Waals surface area (Å²) < 4.78 is 0. The normalized spacial score (nSPS) is 14.2. The molecule has 0 spiro atoms. The SMILES string of the molecule is CN(c1ccccc1)c1ccc(C(=O)[C@@H](C#N)C(=O)NC2CC2)cn1. The van der Waals surface area contributed by atoms with Crippen LogP contribution in [0.2, 0.25) is 0 Å². The van der Waals surface area contributed by atoms with E-state index in [0.717, 1.165) is 18.5 Å². The first-order chi connectivity index (χ1) is 12.1. The minimum Gasteiger partial charge on any atom is -0.352 e. The molecule has 1 heterocycles. The number of pyridine rings is 1. The molecule has 0 bridgehead atoms. The molecule has 1 aliphatic rings. The van der Waals surface area contributed by atoms with Crippen molar-refractivity contribution < 1.29 is 9.59 Å². The number of amides is 1. The van der Waals surface area contributed by atoms with Crippen molar-refractivity contribution in [1.29, 1.82) is 5.26 Å². The van der Waals surface area contributed by atoms with Gasteiger partial charge in [0, 0.05) is 30.5 Å². The van der Waals surface area contributed by atoms with Gasteiger partial charge in [0.05, 0.1) is 6.07 Å². The molecular formula is C19H18N4O2. The summed E-state index contributed by atoms with van der Waals surface area (Å²) in [6, 6.07) is 14.9. The average Bonchev–Trinajstić information content (AvgIpc) is 3.46. The van der Waals surface area contributed by atoms with E-state index in [4.69, 9.17) is 0 Å². The second-order valence-electron chi connectivity index (χ2n) is 6.01. The zero-order valence-corrected chi connectivity index (χ0v) is 13.8. The predicted molar refractivity (Wildman–Crippen MR) is 93.3 cm³/mol. The Balaban J connectivity index is 1.73. The van der Waals surface area contributed by atoms with Crippen molar-refractivity contribution in [2.24, 2.45) is 5.92 Å². The predicted octanol–water partition coefficient (Wildman–Crippen LogP) is 2.45. The van der Waals surface area contributed by atoms with Gasteiger partial charge in [-0.1, -0.05) is 18.2 Å². The molecule has 1 aromatic heterocycles. The van der Waals surface area contributed by atoms with E-state index < -0.39 is 17.6 Å². The maximum atomic E-state index is 12.4. The van der Waals surface area contributed by atoms with Crippen LogP contribution in [0.25, 0.3) is 0 Å². The summed E-state index contributed by atoms with van der Waals surface area (Å²) in [5.41, 5.74) is 1.22. The molecule has 126 valence electrons. The highest BCUT2D eigenvalue weighted by Crippen LogP contribution is 2.22. The van der Waals surface area contributed by atoms with E-state index in [0.29, 0.717) is 5.82 Å². The molecule has 25 heavy (non-hydrogen) atoms. The number of nitrogens with zero attached hydrogens (tertiary/aromatic N) is 3. The highest BCUT2D eigenvalue weighted by atomic mass is 16.2. The van der Waals surface area contributed by atoms with Gasteiger partial charge in [0.2, 0.25) is 5.91 Å². The molecule has 0 aliphatic heterocycles. The first-order valence-electron chi connectivity index (χ1n) is 8.09. The van der Waals surface area contributed by atoms with E-state index in [1.54, 1.807) is 18.2 Å². The van der Waals surface area contributed by atoms with Crippen LogP contribution >= 0.6 is 0 Å². The summed E-state index contributed by atoms with van der Waals surface area (Å²) in [5, 5.41) is 11.9. The average molecular weight is 334 g/mol. The van der Waals surface area contributed by atoms with Crippen LogP contribution in [0.15, 0.2) is 48.7 Å². The molecule has 6 heteroatoms. The van der Waals surface area contributed by atoms with Crippen LogP contribution in [0.4, 0.5) is 11.5 Å². The lowest BCUT2D eigenvalue weighted by Gasteiger charge is -2.18. The number of ketones is 1. The Hall–Kier alpha value is -3.20. The van der Waals surface area contributed by atoms with Gasteiger partial charge in [-0.25, -0.2) is 4.98 Å². The third kappa shape index (κ3) is 3.83. The number of hydrogen-bond donors (Lipinski definition) is 1. The van der Waals surface area contributed by atoms with Crippen molar-refractivity contribution in [3.63, 3.8) is 0 Å². The van der Waals surface area contributed by atoms with Gasteiger partial charge in [0.1, 0.15) is 5.82 Å². The molecule has 0 saturated heterocycles. The maximum Gasteiger partial charge on any atom is 0.245 e. The fraction of sp³-hybridized carbons (Fsp3) is 0.263. The third-order valence-electron chi connectivity index (χ3n) is 4.10. The van der Waals surface area contributed by atoms with Crippen molar-refractivity contribution in [1.82, 2.24) is 10.3 Å². The number of para-hydroxylation sites is 1. The smallest absolute Gasteiger partial charge is 0.245 e. The zero-order valence-electron chi connectivity index (χ0n) is 13.8. The van der Waals surface area contributed by atoms with Crippen LogP contribution < -0.4 is 10.2 Å². The lowest BCUT2D eigenvalue weighted by Crippen LogP contribution is -2.36. The van der Waals surface area contributed by atoms with Crippen LogP contribution in [0, 0.1) is 17.2 Å². The zero-order chi connectivity index (χ0) is 17.8. The number of rotatable bonds is 6. The van der Waals surface area contributed by atoms with Gasteiger partial charge in [0.15, 0.2) is 11.7 Å². The van der Waals surface area contributed by atoms with Crippen molar-refractivity contribution >= 4 is 23.2 Å². The number of aromatic nitrogens is 1. The Kier molecular flexibility index (Phi) is 4.75.